The number of nitrogens with zero attached hydrogens (tertiary/aromatic N) is 1. The molecule has 1 aliphatic heterocycles. The van der Waals surface area contributed by atoms with Gasteiger partial charge in [0.2, 0.25) is 0 Å². The molecule has 0 spiro atoms. The third-order valence-corrected chi connectivity index (χ3v) is 5.48. The zero-order chi connectivity index (χ0) is 24.6. The van der Waals surface area contributed by atoms with Crippen LogP contribution < -0.4 is 14.4 Å². The Morgan fingerprint density at radius 1 is 0.941 bits per heavy atom. The SMILES string of the molecule is COc1ccc(OC)c(/C(O)=C2\C(=O)C(=O)N(c3ccc(F)cc3F)C2c2ccc(O)cc2)c1. The molecule has 1 saturated heterocycles. The summed E-state index contributed by atoms with van der Waals surface area (Å²) < 4.78 is 38.8. The van der Waals surface area contributed by atoms with Crippen LogP contribution in [0.4, 0.5) is 14.5 Å². The Balaban J connectivity index is 2.00. The molecule has 1 unspecified atom stereocenters. The van der Waals surface area contributed by atoms with Gasteiger partial charge in [0.15, 0.2) is 0 Å². The maximum absolute atomic E-state index is 14.7. The summed E-state index contributed by atoms with van der Waals surface area (Å²) in [6, 6.07) is 11.3. The number of rotatable bonds is 5. The molecule has 1 fully saturated rings. The Bertz CT molecular complexity index is 1320. The van der Waals surface area contributed by atoms with E-state index in [4.69, 9.17) is 9.47 Å². The number of ketones is 1. The molecule has 34 heavy (non-hydrogen) atoms. The second-order valence-electron chi connectivity index (χ2n) is 7.42. The number of phenolic OH excluding ortho intramolecular Hbond substituents is 1. The van der Waals surface area contributed by atoms with Crippen molar-refractivity contribution in [1.82, 2.24) is 0 Å². The number of benzene rings is 3. The standard InChI is InChI=1S/C25H19F2NO6/c1-33-16-8-10-20(34-2)17(12-16)23(30)21-22(13-3-6-15(29)7-4-13)28(25(32)24(21)31)19-9-5-14(26)11-18(19)27/h3-12,22,29-30H,1-2H3/b23-21+. The molecule has 9 heteroatoms. The number of hydrogen-bond donors (Lipinski definition) is 2. The van der Waals surface area contributed by atoms with E-state index in [0.29, 0.717) is 17.4 Å². The number of amides is 1. The minimum absolute atomic E-state index is 0.0724. The van der Waals surface area contributed by atoms with Crippen molar-refractivity contribution in [2.45, 2.75) is 6.04 Å². The molecule has 0 radical (unpaired) electrons. The van der Waals surface area contributed by atoms with Crippen LogP contribution in [-0.2, 0) is 9.59 Å². The molecule has 0 aliphatic carbocycles. The number of phenols is 1. The smallest absolute Gasteiger partial charge is 0.300 e. The largest absolute Gasteiger partial charge is 0.508 e. The first-order valence-corrected chi connectivity index (χ1v) is 10.0. The van der Waals surface area contributed by atoms with E-state index in [1.165, 1.54) is 50.6 Å². The molecule has 1 atom stereocenters. The first-order valence-electron chi connectivity index (χ1n) is 10.0. The van der Waals surface area contributed by atoms with Crippen molar-refractivity contribution < 1.29 is 38.1 Å². The third kappa shape index (κ3) is 3.81. The van der Waals surface area contributed by atoms with Crippen LogP contribution in [0.2, 0.25) is 0 Å². The third-order valence-electron chi connectivity index (χ3n) is 5.48. The molecule has 0 bridgehead atoms. The van der Waals surface area contributed by atoms with E-state index in [9.17, 15) is 28.6 Å². The number of halogens is 2. The Morgan fingerprint density at radius 2 is 1.65 bits per heavy atom. The molecular formula is C25H19F2NO6. The fourth-order valence-corrected chi connectivity index (χ4v) is 3.87. The van der Waals surface area contributed by atoms with Gasteiger partial charge in [0, 0.05) is 6.07 Å². The molecule has 3 aromatic rings. The number of Topliss-reactive ketones (excluding diaryl/α,β-unsaturated/α-hetero) is 1. The minimum atomic E-state index is -1.28. The molecule has 3 aromatic carbocycles. The fourth-order valence-electron chi connectivity index (χ4n) is 3.87. The van der Waals surface area contributed by atoms with E-state index in [-0.39, 0.29) is 28.3 Å². The highest BCUT2D eigenvalue weighted by Gasteiger charge is 2.48. The zero-order valence-corrected chi connectivity index (χ0v) is 18.1. The van der Waals surface area contributed by atoms with Gasteiger partial charge in [-0.2, -0.15) is 0 Å². The van der Waals surface area contributed by atoms with E-state index in [2.05, 4.69) is 0 Å². The van der Waals surface area contributed by atoms with Crippen molar-refractivity contribution in [3.05, 3.63) is 89.0 Å². The van der Waals surface area contributed by atoms with Gasteiger partial charge in [-0.3, -0.25) is 14.5 Å². The lowest BCUT2D eigenvalue weighted by atomic mass is 9.94. The average Bonchev–Trinajstić information content (AvgIpc) is 3.09. The van der Waals surface area contributed by atoms with Gasteiger partial charge in [0.05, 0.1) is 37.1 Å². The summed E-state index contributed by atoms with van der Waals surface area (Å²) in [4.78, 5) is 27.1. The molecule has 0 aromatic heterocycles. The highest BCUT2D eigenvalue weighted by Crippen LogP contribution is 2.44. The van der Waals surface area contributed by atoms with Gasteiger partial charge in [-0.25, -0.2) is 8.78 Å². The molecule has 1 heterocycles. The van der Waals surface area contributed by atoms with Crippen LogP contribution >= 0.6 is 0 Å². The van der Waals surface area contributed by atoms with Crippen LogP contribution in [0.15, 0.2) is 66.2 Å². The first kappa shape index (κ1) is 22.8. The molecule has 1 aliphatic rings. The van der Waals surface area contributed by atoms with Gasteiger partial charge in [0.1, 0.15) is 34.6 Å². The second kappa shape index (κ2) is 8.86. The molecular weight excluding hydrogens is 448 g/mol. The molecule has 174 valence electrons. The van der Waals surface area contributed by atoms with E-state index in [1.54, 1.807) is 6.07 Å². The van der Waals surface area contributed by atoms with E-state index in [1.807, 2.05) is 0 Å². The van der Waals surface area contributed by atoms with Gasteiger partial charge < -0.3 is 19.7 Å². The summed E-state index contributed by atoms with van der Waals surface area (Å²) in [5, 5.41) is 20.9. The van der Waals surface area contributed by atoms with E-state index < -0.39 is 35.1 Å². The molecule has 0 saturated carbocycles. The summed E-state index contributed by atoms with van der Waals surface area (Å²) in [6.07, 6.45) is 0. The van der Waals surface area contributed by atoms with Crippen molar-refractivity contribution in [3.63, 3.8) is 0 Å². The topological polar surface area (TPSA) is 96.3 Å². The van der Waals surface area contributed by atoms with Gasteiger partial charge in [-0.1, -0.05) is 12.1 Å². The number of aliphatic hydroxyl groups excluding tert-OH is 1. The van der Waals surface area contributed by atoms with E-state index >= 15 is 0 Å². The van der Waals surface area contributed by atoms with Crippen LogP contribution in [-0.4, -0.2) is 36.1 Å². The summed E-state index contributed by atoms with van der Waals surface area (Å²) in [7, 11) is 2.78. The summed E-state index contributed by atoms with van der Waals surface area (Å²) in [5.74, 6) is -4.23. The number of ether oxygens (including phenoxy) is 2. The molecule has 2 N–H and O–H groups in total. The quantitative estimate of drug-likeness (QED) is 0.330. The van der Waals surface area contributed by atoms with E-state index in [0.717, 1.165) is 17.0 Å². The molecule has 7 nitrogen and oxygen atoms in total. The zero-order valence-electron chi connectivity index (χ0n) is 18.1. The highest BCUT2D eigenvalue weighted by atomic mass is 19.1. The van der Waals surface area contributed by atoms with Gasteiger partial charge >= 0.3 is 0 Å². The summed E-state index contributed by atoms with van der Waals surface area (Å²) >= 11 is 0. The normalized spacial score (nSPS) is 17.2. The number of methoxy groups -OCH3 is 2. The van der Waals surface area contributed by atoms with Crippen molar-refractivity contribution in [2.75, 3.05) is 19.1 Å². The fraction of sp³-hybridized carbons (Fsp3) is 0.120. The number of carbonyl (C=O) groups excluding carboxylic acids is 2. The lowest BCUT2D eigenvalue weighted by Gasteiger charge is -2.26. The van der Waals surface area contributed by atoms with Crippen LogP contribution in [0, 0.1) is 11.6 Å². The van der Waals surface area contributed by atoms with Crippen LogP contribution in [0.1, 0.15) is 17.2 Å². The Labute approximate surface area is 193 Å². The number of hydrogen-bond acceptors (Lipinski definition) is 6. The number of anilines is 1. The summed E-state index contributed by atoms with van der Waals surface area (Å²) in [5.41, 5.74) is -0.323. The maximum Gasteiger partial charge on any atom is 0.300 e. The summed E-state index contributed by atoms with van der Waals surface area (Å²) in [6.45, 7) is 0. The second-order valence-corrected chi connectivity index (χ2v) is 7.42. The maximum atomic E-state index is 14.7. The van der Waals surface area contributed by atoms with Crippen molar-refractivity contribution in [3.8, 4) is 17.2 Å². The van der Waals surface area contributed by atoms with Crippen LogP contribution in [0.25, 0.3) is 5.76 Å². The minimum Gasteiger partial charge on any atom is -0.508 e. The van der Waals surface area contributed by atoms with Crippen LogP contribution in [0.3, 0.4) is 0 Å². The Morgan fingerprint density at radius 3 is 2.26 bits per heavy atom. The van der Waals surface area contributed by atoms with Crippen molar-refractivity contribution in [2.24, 2.45) is 0 Å². The first-order chi connectivity index (χ1) is 16.3. The molecule has 1 amide bonds. The lowest BCUT2D eigenvalue weighted by molar-refractivity contribution is -0.132. The monoisotopic (exact) mass is 467 g/mol. The lowest BCUT2D eigenvalue weighted by Crippen LogP contribution is -2.30. The average molecular weight is 467 g/mol. The number of aromatic hydroxyl groups is 1. The van der Waals surface area contributed by atoms with Crippen molar-refractivity contribution in [1.29, 1.82) is 0 Å². The van der Waals surface area contributed by atoms with Gasteiger partial charge in [0.25, 0.3) is 11.7 Å². The Kier molecular flexibility index (Phi) is 5.93. The predicted molar refractivity (Wildman–Crippen MR) is 119 cm³/mol. The number of carbonyl (C=O) groups is 2. The predicted octanol–water partition coefficient (Wildman–Crippen LogP) is 4.31. The van der Waals surface area contributed by atoms with Crippen molar-refractivity contribution >= 4 is 23.1 Å². The number of aliphatic hydroxyl groups is 1. The molecule has 4 rings (SSSR count). The van der Waals surface area contributed by atoms with Crippen LogP contribution in [0.5, 0.6) is 17.2 Å². The Hall–Kier alpha value is -4.40. The van der Waals surface area contributed by atoms with Gasteiger partial charge in [-0.05, 0) is 48.0 Å². The van der Waals surface area contributed by atoms with Gasteiger partial charge in [-0.15, -0.1) is 0 Å². The highest BCUT2D eigenvalue weighted by molar-refractivity contribution is 6.51.